The van der Waals surface area contributed by atoms with E-state index in [9.17, 15) is 4.79 Å². The number of pyridine rings is 1. The number of anilines is 1. The number of aryl methyl sites for hydroxylation is 1. The Bertz CT molecular complexity index is 877. The fourth-order valence-electron chi connectivity index (χ4n) is 3.29. The summed E-state index contributed by atoms with van der Waals surface area (Å²) in [6.07, 6.45) is 3.57. The smallest absolute Gasteiger partial charge is 0.185 e. The number of hydrogen-bond donors (Lipinski definition) is 0. The molecular formula is C18H18N4OS. The first-order chi connectivity index (χ1) is 11.7. The number of aromatic nitrogens is 3. The van der Waals surface area contributed by atoms with Crippen molar-refractivity contribution >= 4 is 33.2 Å². The van der Waals surface area contributed by atoms with Gasteiger partial charge in [-0.1, -0.05) is 6.07 Å². The van der Waals surface area contributed by atoms with E-state index in [-0.39, 0.29) is 11.7 Å². The van der Waals surface area contributed by atoms with E-state index in [4.69, 9.17) is 0 Å². The van der Waals surface area contributed by atoms with Gasteiger partial charge in [0, 0.05) is 25.2 Å². The Morgan fingerprint density at radius 3 is 3.04 bits per heavy atom. The number of Topliss-reactive ketones (excluding diaryl/α,β-unsaturated/α-hetero) is 1. The van der Waals surface area contributed by atoms with E-state index in [0.29, 0.717) is 12.2 Å². The van der Waals surface area contributed by atoms with Crippen LogP contribution in [0, 0.1) is 12.8 Å². The summed E-state index contributed by atoms with van der Waals surface area (Å²) in [6.45, 7) is 3.54. The first-order valence-electron chi connectivity index (χ1n) is 8.14. The molecule has 1 fully saturated rings. The molecule has 6 heteroatoms. The van der Waals surface area contributed by atoms with Crippen molar-refractivity contribution in [3.05, 3.63) is 47.4 Å². The lowest BCUT2D eigenvalue weighted by molar-refractivity contribution is 0.0902. The summed E-state index contributed by atoms with van der Waals surface area (Å²) in [5, 5.41) is 3.12. The van der Waals surface area contributed by atoms with E-state index < -0.39 is 0 Å². The van der Waals surface area contributed by atoms with Crippen molar-refractivity contribution < 1.29 is 4.79 Å². The highest BCUT2D eigenvalue weighted by atomic mass is 32.1. The lowest BCUT2D eigenvalue weighted by Crippen LogP contribution is -2.39. The van der Waals surface area contributed by atoms with Crippen LogP contribution >= 0.6 is 11.3 Å². The van der Waals surface area contributed by atoms with Gasteiger partial charge < -0.3 is 4.90 Å². The molecule has 4 heterocycles. The van der Waals surface area contributed by atoms with Gasteiger partial charge in [-0.05, 0) is 43.3 Å². The molecule has 3 aromatic heterocycles. The largest absolute Gasteiger partial charge is 0.355 e. The van der Waals surface area contributed by atoms with Gasteiger partial charge in [-0.3, -0.25) is 9.78 Å². The van der Waals surface area contributed by atoms with E-state index >= 15 is 0 Å². The number of fused-ring (bicyclic) bond motifs is 1. The highest BCUT2D eigenvalue weighted by molar-refractivity contribution is 7.16. The van der Waals surface area contributed by atoms with Crippen LogP contribution in [-0.4, -0.2) is 33.8 Å². The summed E-state index contributed by atoms with van der Waals surface area (Å²) in [5.41, 5.74) is 0.559. The predicted octanol–water partition coefficient (Wildman–Crippen LogP) is 3.49. The monoisotopic (exact) mass is 338 g/mol. The Hall–Kier alpha value is -2.34. The fraction of sp³-hybridized carbons (Fsp3) is 0.333. The molecule has 3 aromatic rings. The van der Waals surface area contributed by atoms with E-state index in [1.165, 1.54) is 0 Å². The number of carbonyl (C=O) groups excluding carboxylic acids is 1. The van der Waals surface area contributed by atoms with Crippen LogP contribution in [0.15, 0.2) is 35.8 Å². The maximum atomic E-state index is 12.7. The zero-order chi connectivity index (χ0) is 16.5. The lowest BCUT2D eigenvalue weighted by Gasteiger charge is -2.33. The van der Waals surface area contributed by atoms with Crippen molar-refractivity contribution in [3.8, 4) is 0 Å². The van der Waals surface area contributed by atoms with Crippen LogP contribution in [0.4, 0.5) is 5.82 Å². The molecule has 1 aliphatic heterocycles. The molecule has 0 saturated carbocycles. The standard InChI is InChI=1S/C18H18N4OS/c1-12-20-17(14-7-10-24-18(14)21-12)22-9-4-5-13(11-22)16(23)15-6-2-3-8-19-15/h2-3,6-8,10,13H,4-5,9,11H2,1H3. The third-order valence-electron chi connectivity index (χ3n) is 4.43. The lowest BCUT2D eigenvalue weighted by atomic mass is 9.92. The van der Waals surface area contributed by atoms with Crippen LogP contribution in [0.2, 0.25) is 0 Å². The first-order valence-corrected chi connectivity index (χ1v) is 9.02. The molecule has 0 radical (unpaired) electrons. The maximum Gasteiger partial charge on any atom is 0.185 e. The number of piperidine rings is 1. The van der Waals surface area contributed by atoms with Crippen molar-refractivity contribution in [1.29, 1.82) is 0 Å². The minimum absolute atomic E-state index is 0.0300. The molecule has 0 aromatic carbocycles. The highest BCUT2D eigenvalue weighted by Crippen LogP contribution is 2.31. The quantitative estimate of drug-likeness (QED) is 0.684. The molecule has 0 spiro atoms. The number of ketones is 1. The van der Waals surface area contributed by atoms with Crippen LogP contribution in [0.1, 0.15) is 29.2 Å². The summed E-state index contributed by atoms with van der Waals surface area (Å²) >= 11 is 1.63. The van der Waals surface area contributed by atoms with E-state index in [1.807, 2.05) is 24.4 Å². The molecule has 1 unspecified atom stereocenters. The van der Waals surface area contributed by atoms with E-state index in [0.717, 1.165) is 41.2 Å². The number of thiophene rings is 1. The first kappa shape index (κ1) is 15.2. The molecule has 0 amide bonds. The average molecular weight is 338 g/mol. The Labute approximate surface area is 144 Å². The number of rotatable bonds is 3. The maximum absolute atomic E-state index is 12.7. The fourth-order valence-corrected chi connectivity index (χ4v) is 4.09. The van der Waals surface area contributed by atoms with Crippen LogP contribution in [0.5, 0.6) is 0 Å². The van der Waals surface area contributed by atoms with Gasteiger partial charge in [-0.15, -0.1) is 11.3 Å². The normalized spacial score (nSPS) is 18.0. The van der Waals surface area contributed by atoms with Gasteiger partial charge >= 0.3 is 0 Å². The van der Waals surface area contributed by atoms with Crippen molar-refractivity contribution in [2.24, 2.45) is 5.92 Å². The van der Waals surface area contributed by atoms with Crippen molar-refractivity contribution in [3.63, 3.8) is 0 Å². The van der Waals surface area contributed by atoms with Gasteiger partial charge in [0.05, 0.1) is 5.39 Å². The van der Waals surface area contributed by atoms with Crippen LogP contribution in [0.3, 0.4) is 0 Å². The summed E-state index contributed by atoms with van der Waals surface area (Å²) < 4.78 is 0. The van der Waals surface area contributed by atoms with Crippen LogP contribution in [-0.2, 0) is 0 Å². The predicted molar refractivity (Wildman–Crippen MR) is 95.7 cm³/mol. The summed E-state index contributed by atoms with van der Waals surface area (Å²) in [7, 11) is 0. The van der Waals surface area contributed by atoms with E-state index in [2.05, 4.69) is 25.9 Å². The molecule has 0 aliphatic carbocycles. The third kappa shape index (κ3) is 2.78. The topological polar surface area (TPSA) is 59.0 Å². The Balaban J connectivity index is 1.63. The number of carbonyl (C=O) groups is 1. The second kappa shape index (κ2) is 6.28. The molecule has 0 bridgehead atoms. The average Bonchev–Trinajstić information content (AvgIpc) is 3.09. The van der Waals surface area contributed by atoms with Crippen molar-refractivity contribution in [1.82, 2.24) is 15.0 Å². The van der Waals surface area contributed by atoms with Gasteiger partial charge in [0.1, 0.15) is 22.2 Å². The van der Waals surface area contributed by atoms with Gasteiger partial charge in [0.2, 0.25) is 0 Å². The zero-order valence-corrected chi connectivity index (χ0v) is 14.3. The van der Waals surface area contributed by atoms with Crippen LogP contribution in [0.25, 0.3) is 10.2 Å². The minimum Gasteiger partial charge on any atom is -0.355 e. The Kier molecular flexibility index (Phi) is 3.98. The molecule has 0 N–H and O–H groups in total. The second-order valence-corrected chi connectivity index (χ2v) is 6.99. The van der Waals surface area contributed by atoms with E-state index in [1.54, 1.807) is 23.6 Å². The zero-order valence-electron chi connectivity index (χ0n) is 13.5. The van der Waals surface area contributed by atoms with Gasteiger partial charge in [-0.2, -0.15) is 0 Å². The molecule has 24 heavy (non-hydrogen) atoms. The Morgan fingerprint density at radius 1 is 1.29 bits per heavy atom. The molecule has 1 aliphatic rings. The molecule has 122 valence electrons. The second-order valence-electron chi connectivity index (χ2n) is 6.10. The minimum atomic E-state index is -0.0300. The van der Waals surface area contributed by atoms with Crippen molar-refractivity contribution in [2.75, 3.05) is 18.0 Å². The van der Waals surface area contributed by atoms with Crippen LogP contribution < -0.4 is 4.90 Å². The molecule has 5 nitrogen and oxygen atoms in total. The van der Waals surface area contributed by atoms with Crippen molar-refractivity contribution in [2.45, 2.75) is 19.8 Å². The Morgan fingerprint density at radius 2 is 2.21 bits per heavy atom. The van der Waals surface area contributed by atoms with Gasteiger partial charge in [0.15, 0.2) is 5.78 Å². The highest BCUT2D eigenvalue weighted by Gasteiger charge is 2.29. The number of hydrogen-bond acceptors (Lipinski definition) is 6. The molecule has 1 atom stereocenters. The molecular weight excluding hydrogens is 320 g/mol. The summed E-state index contributed by atoms with van der Waals surface area (Å²) in [6, 6.07) is 7.57. The number of nitrogens with zero attached hydrogens (tertiary/aromatic N) is 4. The summed E-state index contributed by atoms with van der Waals surface area (Å²) in [4.78, 5) is 29.4. The molecule has 1 saturated heterocycles. The van der Waals surface area contributed by atoms with Gasteiger partial charge in [-0.25, -0.2) is 9.97 Å². The van der Waals surface area contributed by atoms with Gasteiger partial charge in [0.25, 0.3) is 0 Å². The SMILES string of the molecule is Cc1nc(N2CCCC(C(=O)c3ccccn3)C2)c2ccsc2n1. The summed E-state index contributed by atoms with van der Waals surface area (Å²) in [5.74, 6) is 1.83. The molecule has 4 rings (SSSR count). The third-order valence-corrected chi connectivity index (χ3v) is 5.23.